The van der Waals surface area contributed by atoms with E-state index in [0.29, 0.717) is 0 Å². The molecule has 0 atom stereocenters. The lowest BCUT2D eigenvalue weighted by atomic mass is 10.2. The zero-order valence-electron chi connectivity index (χ0n) is 7.43. The van der Waals surface area contributed by atoms with E-state index in [2.05, 4.69) is 37.5 Å². The van der Waals surface area contributed by atoms with E-state index in [1.807, 2.05) is 13.8 Å². The molecule has 0 radical (unpaired) electrons. The van der Waals surface area contributed by atoms with Crippen LogP contribution in [0.2, 0.25) is 0 Å². The normalized spacial score (nSPS) is 12.2. The molecule has 0 nitrogen and oxygen atoms in total. The molecule has 1 rings (SSSR count). The molecule has 0 saturated carbocycles. The summed E-state index contributed by atoms with van der Waals surface area (Å²) in [6.07, 6.45) is 9.50. The Kier molecular flexibility index (Phi) is 5.18. The van der Waals surface area contributed by atoms with E-state index >= 15 is 0 Å². The average molecular weight is 148 g/mol. The van der Waals surface area contributed by atoms with Gasteiger partial charge < -0.3 is 0 Å². The minimum atomic E-state index is 1.06. The predicted molar refractivity (Wildman–Crippen MR) is 52.5 cm³/mol. The van der Waals surface area contributed by atoms with Gasteiger partial charge in [-0.2, -0.15) is 0 Å². The van der Waals surface area contributed by atoms with E-state index in [0.717, 1.165) is 17.6 Å². The van der Waals surface area contributed by atoms with Crippen LogP contribution in [0.1, 0.15) is 20.3 Å². The van der Waals surface area contributed by atoms with Crippen LogP contribution in [0.5, 0.6) is 0 Å². The quantitative estimate of drug-likeness (QED) is 0.498. The second-order valence-corrected chi connectivity index (χ2v) is 2.65. The first-order valence-electron chi connectivity index (χ1n) is 3.77. The minimum Gasteiger partial charge on any atom is -0.0959 e. The van der Waals surface area contributed by atoms with E-state index in [9.17, 15) is 0 Å². The van der Waals surface area contributed by atoms with Gasteiger partial charge in [0.2, 0.25) is 0 Å². The Morgan fingerprint density at radius 2 is 1.36 bits per heavy atom. The van der Waals surface area contributed by atoms with Gasteiger partial charge in [-0.3, -0.25) is 0 Å². The topological polar surface area (TPSA) is 0 Å². The lowest BCUT2D eigenvalue weighted by molar-refractivity contribution is 1.39. The van der Waals surface area contributed by atoms with Crippen molar-refractivity contribution in [1.82, 2.24) is 0 Å². The summed E-state index contributed by atoms with van der Waals surface area (Å²) < 4.78 is 0. The van der Waals surface area contributed by atoms with Crippen LogP contribution in [-0.4, -0.2) is 0 Å². The number of allylic oxidation sites excluding steroid dienone is 6. The molecule has 0 aliphatic heterocycles. The van der Waals surface area contributed by atoms with Gasteiger partial charge >= 0.3 is 0 Å². The zero-order valence-corrected chi connectivity index (χ0v) is 7.43. The Morgan fingerprint density at radius 3 is 1.45 bits per heavy atom. The third-order valence-corrected chi connectivity index (χ3v) is 1.38. The molecule has 0 heterocycles. The van der Waals surface area contributed by atoms with Crippen molar-refractivity contribution in [3.8, 4) is 0 Å². The fourth-order valence-electron chi connectivity index (χ4n) is 0.393. The SMILES string of the molecule is C1=CCC=C1.C=C(C)C(=C)C. The molecular weight excluding hydrogens is 132 g/mol. The van der Waals surface area contributed by atoms with E-state index in [1.165, 1.54) is 0 Å². The standard InChI is InChI=1S/C6H10.C5H6/c1-5(2)6(3)4;1-2-4-5-3-1/h1,3H2,2,4H3;1-4H,5H2. The maximum Gasteiger partial charge on any atom is -0.0163 e. The van der Waals surface area contributed by atoms with Crippen LogP contribution in [0.15, 0.2) is 48.6 Å². The van der Waals surface area contributed by atoms with Crippen LogP contribution in [0.4, 0.5) is 0 Å². The van der Waals surface area contributed by atoms with E-state index < -0.39 is 0 Å². The van der Waals surface area contributed by atoms with Gasteiger partial charge in [0.1, 0.15) is 0 Å². The Hall–Kier alpha value is -1.04. The fraction of sp³-hybridized carbons (Fsp3) is 0.273. The molecule has 1 aliphatic rings. The maximum absolute atomic E-state index is 3.66. The average Bonchev–Trinajstić information content (AvgIpc) is 2.41. The molecule has 0 amide bonds. The highest BCUT2D eigenvalue weighted by Gasteiger charge is 1.77. The fourth-order valence-corrected chi connectivity index (χ4v) is 0.393. The van der Waals surface area contributed by atoms with Gasteiger partial charge in [0, 0.05) is 0 Å². The first-order valence-corrected chi connectivity index (χ1v) is 3.77. The Balaban J connectivity index is 0.000000183. The molecule has 11 heavy (non-hydrogen) atoms. The maximum atomic E-state index is 3.66. The molecule has 0 heteroatoms. The van der Waals surface area contributed by atoms with Crippen LogP contribution in [0.3, 0.4) is 0 Å². The number of hydrogen-bond donors (Lipinski definition) is 0. The Labute approximate surface area is 69.6 Å². The van der Waals surface area contributed by atoms with Gasteiger partial charge in [-0.25, -0.2) is 0 Å². The lowest BCUT2D eigenvalue weighted by Gasteiger charge is -1.88. The van der Waals surface area contributed by atoms with Crippen molar-refractivity contribution in [2.24, 2.45) is 0 Å². The van der Waals surface area contributed by atoms with Gasteiger partial charge in [-0.05, 0) is 20.3 Å². The van der Waals surface area contributed by atoms with Gasteiger partial charge in [0.15, 0.2) is 0 Å². The molecule has 0 bridgehead atoms. The van der Waals surface area contributed by atoms with Crippen LogP contribution in [0, 0.1) is 0 Å². The molecule has 0 saturated heterocycles. The third-order valence-electron chi connectivity index (χ3n) is 1.38. The molecule has 0 aromatic heterocycles. The second-order valence-electron chi connectivity index (χ2n) is 2.65. The summed E-state index contributed by atoms with van der Waals surface area (Å²) in [6.45, 7) is 11.2. The van der Waals surface area contributed by atoms with Crippen molar-refractivity contribution >= 4 is 0 Å². The molecule has 1 aliphatic carbocycles. The summed E-state index contributed by atoms with van der Waals surface area (Å²) in [4.78, 5) is 0. The first kappa shape index (κ1) is 9.96. The molecule has 60 valence electrons. The largest absolute Gasteiger partial charge is 0.0959 e. The van der Waals surface area contributed by atoms with Gasteiger partial charge in [0.05, 0.1) is 0 Å². The smallest absolute Gasteiger partial charge is 0.0163 e. The van der Waals surface area contributed by atoms with Gasteiger partial charge in [-0.15, -0.1) is 0 Å². The van der Waals surface area contributed by atoms with Crippen molar-refractivity contribution in [3.05, 3.63) is 48.6 Å². The van der Waals surface area contributed by atoms with E-state index in [4.69, 9.17) is 0 Å². The summed E-state index contributed by atoms with van der Waals surface area (Å²) >= 11 is 0. The molecule has 0 fully saturated rings. The molecule has 0 unspecified atom stereocenters. The van der Waals surface area contributed by atoms with Crippen molar-refractivity contribution in [3.63, 3.8) is 0 Å². The highest BCUT2D eigenvalue weighted by atomic mass is 13.8. The van der Waals surface area contributed by atoms with Crippen molar-refractivity contribution in [1.29, 1.82) is 0 Å². The predicted octanol–water partition coefficient (Wildman–Crippen LogP) is 3.64. The summed E-state index contributed by atoms with van der Waals surface area (Å²) in [5.41, 5.74) is 2.13. The second kappa shape index (κ2) is 5.72. The molecule has 0 N–H and O–H groups in total. The lowest BCUT2D eigenvalue weighted by Crippen LogP contribution is -1.67. The molecule has 0 spiro atoms. The number of rotatable bonds is 1. The van der Waals surface area contributed by atoms with Gasteiger partial charge in [0.25, 0.3) is 0 Å². The van der Waals surface area contributed by atoms with Crippen LogP contribution in [0.25, 0.3) is 0 Å². The van der Waals surface area contributed by atoms with Gasteiger partial charge in [-0.1, -0.05) is 48.6 Å². The van der Waals surface area contributed by atoms with Crippen LogP contribution in [-0.2, 0) is 0 Å². The Bertz CT molecular complexity index is 170. The Morgan fingerprint density at radius 1 is 1.00 bits per heavy atom. The van der Waals surface area contributed by atoms with Crippen molar-refractivity contribution in [2.75, 3.05) is 0 Å². The zero-order chi connectivity index (χ0) is 8.69. The summed E-state index contributed by atoms with van der Waals surface area (Å²) in [7, 11) is 0. The monoisotopic (exact) mass is 148 g/mol. The summed E-state index contributed by atoms with van der Waals surface area (Å²) in [5.74, 6) is 0. The van der Waals surface area contributed by atoms with E-state index in [-0.39, 0.29) is 0 Å². The highest BCUT2D eigenvalue weighted by molar-refractivity contribution is 5.19. The third kappa shape index (κ3) is 6.85. The van der Waals surface area contributed by atoms with Crippen molar-refractivity contribution < 1.29 is 0 Å². The van der Waals surface area contributed by atoms with Crippen LogP contribution < -0.4 is 0 Å². The minimum absolute atomic E-state index is 1.06. The van der Waals surface area contributed by atoms with Crippen LogP contribution >= 0.6 is 0 Å². The molecule has 0 aromatic rings. The summed E-state index contributed by atoms with van der Waals surface area (Å²) in [5, 5.41) is 0. The molecular formula is C11H16. The van der Waals surface area contributed by atoms with E-state index in [1.54, 1.807) is 0 Å². The molecule has 0 aromatic carbocycles. The first-order chi connectivity index (χ1) is 5.14. The van der Waals surface area contributed by atoms with Crippen molar-refractivity contribution in [2.45, 2.75) is 20.3 Å². The highest BCUT2D eigenvalue weighted by Crippen LogP contribution is 1.98. The number of hydrogen-bond acceptors (Lipinski definition) is 0. The summed E-state index contributed by atoms with van der Waals surface area (Å²) in [6, 6.07) is 0.